The lowest BCUT2D eigenvalue weighted by molar-refractivity contribution is 0.102. The van der Waals surface area contributed by atoms with Crippen molar-refractivity contribution < 1.29 is 4.79 Å². The minimum Gasteiger partial charge on any atom is -0.321 e. The number of anilines is 1. The molecule has 0 aliphatic rings. The zero-order valence-electron chi connectivity index (χ0n) is 15.1. The van der Waals surface area contributed by atoms with Gasteiger partial charge in [-0.25, -0.2) is 4.68 Å². The minimum absolute atomic E-state index is 0.305. The van der Waals surface area contributed by atoms with Crippen molar-refractivity contribution in [3.63, 3.8) is 0 Å². The molecule has 0 bridgehead atoms. The Balaban J connectivity index is 1.72. The average Bonchev–Trinajstić information content (AvgIpc) is 3.18. The number of aryl methyl sites for hydroxylation is 1. The number of nitrogens with zero attached hydrogens (tertiary/aromatic N) is 3. The molecule has 0 fully saturated rings. The standard InChI is InChI=1S/C22H17ClN4O/c1-15-9-10-17(12-19(15)23)25-22(28)20-13-21(16-6-5-11-24-14-16)27(26-20)18-7-3-2-4-8-18/h2-14H,1H3,(H,25,28). The summed E-state index contributed by atoms with van der Waals surface area (Å²) in [5, 5.41) is 7.99. The predicted octanol–water partition coefficient (Wildman–Crippen LogP) is 5.15. The second kappa shape index (κ2) is 7.66. The van der Waals surface area contributed by atoms with Gasteiger partial charge in [0.1, 0.15) is 0 Å². The Morgan fingerprint density at radius 1 is 1.04 bits per heavy atom. The van der Waals surface area contributed by atoms with E-state index in [4.69, 9.17) is 11.6 Å². The van der Waals surface area contributed by atoms with Gasteiger partial charge in [0.05, 0.1) is 11.4 Å². The Labute approximate surface area is 167 Å². The highest BCUT2D eigenvalue weighted by Gasteiger charge is 2.17. The molecule has 2 aromatic carbocycles. The van der Waals surface area contributed by atoms with E-state index in [-0.39, 0.29) is 5.91 Å². The predicted molar refractivity (Wildman–Crippen MR) is 111 cm³/mol. The van der Waals surface area contributed by atoms with E-state index in [1.807, 2.05) is 61.5 Å². The lowest BCUT2D eigenvalue weighted by Crippen LogP contribution is -2.13. The maximum Gasteiger partial charge on any atom is 0.276 e. The van der Waals surface area contributed by atoms with Crippen LogP contribution in [-0.4, -0.2) is 20.7 Å². The zero-order valence-corrected chi connectivity index (χ0v) is 15.9. The van der Waals surface area contributed by atoms with Crippen LogP contribution in [0.25, 0.3) is 16.9 Å². The van der Waals surface area contributed by atoms with Gasteiger partial charge in [0, 0.05) is 28.7 Å². The number of aromatic nitrogens is 3. The van der Waals surface area contributed by atoms with Crippen molar-refractivity contribution >= 4 is 23.2 Å². The Hall–Kier alpha value is -3.44. The Morgan fingerprint density at radius 2 is 1.86 bits per heavy atom. The van der Waals surface area contributed by atoms with Crippen LogP contribution in [-0.2, 0) is 0 Å². The Kier molecular flexibility index (Phi) is 4.91. The van der Waals surface area contributed by atoms with E-state index in [1.54, 1.807) is 29.2 Å². The van der Waals surface area contributed by atoms with Crippen molar-refractivity contribution in [3.8, 4) is 16.9 Å². The van der Waals surface area contributed by atoms with E-state index in [2.05, 4.69) is 15.4 Å². The third-order valence-corrected chi connectivity index (χ3v) is 4.74. The first kappa shape index (κ1) is 17.9. The summed E-state index contributed by atoms with van der Waals surface area (Å²) >= 11 is 6.15. The number of benzene rings is 2. The van der Waals surface area contributed by atoms with Crippen molar-refractivity contribution in [2.45, 2.75) is 6.92 Å². The van der Waals surface area contributed by atoms with Crippen molar-refractivity contribution in [2.75, 3.05) is 5.32 Å². The van der Waals surface area contributed by atoms with Gasteiger partial charge in [0.15, 0.2) is 5.69 Å². The zero-order chi connectivity index (χ0) is 19.5. The van der Waals surface area contributed by atoms with Gasteiger partial charge in [-0.15, -0.1) is 0 Å². The van der Waals surface area contributed by atoms with Crippen LogP contribution in [0.1, 0.15) is 16.1 Å². The normalized spacial score (nSPS) is 10.6. The van der Waals surface area contributed by atoms with Crippen LogP contribution in [0.15, 0.2) is 79.1 Å². The first-order chi connectivity index (χ1) is 13.6. The molecule has 0 unspecified atom stereocenters. The van der Waals surface area contributed by atoms with Gasteiger partial charge in [-0.3, -0.25) is 9.78 Å². The Bertz CT molecular complexity index is 1070. The molecule has 0 saturated carbocycles. The molecule has 2 aromatic heterocycles. The molecule has 5 nitrogen and oxygen atoms in total. The van der Waals surface area contributed by atoms with E-state index in [1.165, 1.54) is 0 Å². The van der Waals surface area contributed by atoms with E-state index < -0.39 is 0 Å². The Morgan fingerprint density at radius 3 is 2.57 bits per heavy atom. The first-order valence-electron chi connectivity index (χ1n) is 8.75. The number of halogens is 1. The van der Waals surface area contributed by atoms with Crippen LogP contribution in [0.5, 0.6) is 0 Å². The largest absolute Gasteiger partial charge is 0.321 e. The fourth-order valence-electron chi connectivity index (χ4n) is 2.84. The number of carbonyl (C=O) groups excluding carboxylic acids is 1. The number of hydrogen-bond acceptors (Lipinski definition) is 3. The fourth-order valence-corrected chi connectivity index (χ4v) is 3.02. The molecule has 0 radical (unpaired) electrons. The molecule has 1 N–H and O–H groups in total. The highest BCUT2D eigenvalue weighted by Crippen LogP contribution is 2.25. The van der Waals surface area contributed by atoms with Crippen molar-refractivity contribution in [3.05, 3.63) is 95.4 Å². The molecular weight excluding hydrogens is 372 g/mol. The summed E-state index contributed by atoms with van der Waals surface area (Å²) in [5.41, 5.74) is 4.39. The topological polar surface area (TPSA) is 59.8 Å². The quantitative estimate of drug-likeness (QED) is 0.526. The van der Waals surface area contributed by atoms with Crippen molar-refractivity contribution in [1.82, 2.24) is 14.8 Å². The smallest absolute Gasteiger partial charge is 0.276 e. The molecule has 28 heavy (non-hydrogen) atoms. The monoisotopic (exact) mass is 388 g/mol. The fraction of sp³-hybridized carbons (Fsp3) is 0.0455. The first-order valence-corrected chi connectivity index (χ1v) is 9.13. The van der Waals surface area contributed by atoms with Gasteiger partial charge >= 0.3 is 0 Å². The third-order valence-electron chi connectivity index (χ3n) is 4.33. The molecule has 0 saturated heterocycles. The molecule has 4 aromatic rings. The highest BCUT2D eigenvalue weighted by atomic mass is 35.5. The number of amides is 1. The van der Waals surface area contributed by atoms with E-state index >= 15 is 0 Å². The van der Waals surface area contributed by atoms with Gasteiger partial charge in [-0.05, 0) is 55.0 Å². The summed E-state index contributed by atoms with van der Waals surface area (Å²) in [6.07, 6.45) is 3.46. The maximum atomic E-state index is 12.8. The summed E-state index contributed by atoms with van der Waals surface area (Å²) in [4.78, 5) is 17.0. The van der Waals surface area contributed by atoms with E-state index in [9.17, 15) is 4.79 Å². The second-order valence-corrected chi connectivity index (χ2v) is 6.73. The number of nitrogens with one attached hydrogen (secondary N) is 1. The number of rotatable bonds is 4. The highest BCUT2D eigenvalue weighted by molar-refractivity contribution is 6.31. The molecule has 2 heterocycles. The van der Waals surface area contributed by atoms with E-state index in [0.717, 1.165) is 22.5 Å². The van der Waals surface area contributed by atoms with Crippen LogP contribution < -0.4 is 5.32 Å². The number of hydrogen-bond donors (Lipinski definition) is 1. The number of para-hydroxylation sites is 1. The molecular formula is C22H17ClN4O. The molecule has 138 valence electrons. The summed E-state index contributed by atoms with van der Waals surface area (Å²) in [5.74, 6) is -0.306. The SMILES string of the molecule is Cc1ccc(NC(=O)c2cc(-c3cccnc3)n(-c3ccccc3)n2)cc1Cl. The maximum absolute atomic E-state index is 12.8. The van der Waals surface area contributed by atoms with Crippen LogP contribution in [0.4, 0.5) is 5.69 Å². The van der Waals surface area contributed by atoms with Gasteiger partial charge in [-0.1, -0.05) is 35.9 Å². The molecule has 0 aliphatic heterocycles. The molecule has 0 spiro atoms. The minimum atomic E-state index is -0.306. The summed E-state index contributed by atoms with van der Waals surface area (Å²) in [6.45, 7) is 1.91. The number of carbonyl (C=O) groups is 1. The van der Waals surface area contributed by atoms with Gasteiger partial charge in [0.2, 0.25) is 0 Å². The molecule has 6 heteroatoms. The molecule has 0 atom stereocenters. The van der Waals surface area contributed by atoms with Crippen LogP contribution in [0, 0.1) is 6.92 Å². The van der Waals surface area contributed by atoms with Gasteiger partial charge < -0.3 is 5.32 Å². The van der Waals surface area contributed by atoms with Gasteiger partial charge in [0.25, 0.3) is 5.91 Å². The van der Waals surface area contributed by atoms with Crippen molar-refractivity contribution in [2.24, 2.45) is 0 Å². The summed E-state index contributed by atoms with van der Waals surface area (Å²) < 4.78 is 1.74. The lowest BCUT2D eigenvalue weighted by atomic mass is 10.2. The molecule has 4 rings (SSSR count). The molecule has 1 amide bonds. The van der Waals surface area contributed by atoms with E-state index in [0.29, 0.717) is 16.4 Å². The van der Waals surface area contributed by atoms with Crippen molar-refractivity contribution in [1.29, 1.82) is 0 Å². The third kappa shape index (κ3) is 3.66. The summed E-state index contributed by atoms with van der Waals surface area (Å²) in [7, 11) is 0. The second-order valence-electron chi connectivity index (χ2n) is 6.32. The van der Waals surface area contributed by atoms with Crippen LogP contribution in [0.2, 0.25) is 5.02 Å². The number of pyridine rings is 1. The van der Waals surface area contributed by atoms with Crippen LogP contribution >= 0.6 is 11.6 Å². The average molecular weight is 389 g/mol. The van der Waals surface area contributed by atoms with Crippen LogP contribution in [0.3, 0.4) is 0 Å². The summed E-state index contributed by atoms with van der Waals surface area (Å²) in [6, 6.07) is 20.6. The van der Waals surface area contributed by atoms with Gasteiger partial charge in [-0.2, -0.15) is 5.10 Å². The lowest BCUT2D eigenvalue weighted by Gasteiger charge is -2.07. The molecule has 0 aliphatic carbocycles.